The van der Waals surface area contributed by atoms with Crippen LogP contribution in [-0.2, 0) is 23.9 Å². The fraction of sp³-hybridized carbons (Fsp3) is 0.667. The number of nitrogens with two attached hydrogens (primary N) is 1. The lowest BCUT2D eigenvalue weighted by Crippen LogP contribution is -2.55. The highest BCUT2D eigenvalue weighted by atomic mass is 16.5. The zero-order chi connectivity index (χ0) is 16.5. The summed E-state index contributed by atoms with van der Waals surface area (Å²) < 4.78 is 4.85. The number of primary amides is 1. The van der Waals surface area contributed by atoms with E-state index in [9.17, 15) is 19.2 Å². The van der Waals surface area contributed by atoms with Gasteiger partial charge in [-0.05, 0) is 20.8 Å². The largest absolute Gasteiger partial charge is 0.368 e. The molecule has 5 N–H and O–H groups in total. The molecule has 0 aromatic rings. The highest BCUT2D eigenvalue weighted by Gasteiger charge is 2.26. The molecule has 0 aromatic carbocycles. The summed E-state index contributed by atoms with van der Waals surface area (Å²) >= 11 is 0. The first-order chi connectivity index (χ1) is 9.69. The molecule has 0 unspecified atom stereocenters. The molecule has 0 radical (unpaired) electrons. The van der Waals surface area contributed by atoms with E-state index in [-0.39, 0.29) is 25.7 Å². The van der Waals surface area contributed by atoms with E-state index < -0.39 is 23.3 Å². The molecule has 0 atom stereocenters. The number of hydrogen-bond donors (Lipinski definition) is 4. The molecule has 0 fully saturated rings. The standard InChI is InChI=1S/C12H22N4O5/c1-4-14-9(18)6-21-7-10(19)15-5-8(17)16-12(2,3)11(13)20/h4-7H2,1-3H3,(H2,13,20)(H,14,18)(H,15,19)(H,16,17). The number of amides is 4. The van der Waals surface area contributed by atoms with E-state index in [4.69, 9.17) is 10.5 Å². The summed E-state index contributed by atoms with van der Waals surface area (Å²) in [6.45, 7) is 4.24. The van der Waals surface area contributed by atoms with Crippen molar-refractivity contribution in [2.24, 2.45) is 5.73 Å². The monoisotopic (exact) mass is 302 g/mol. The molecule has 0 saturated carbocycles. The maximum absolute atomic E-state index is 11.5. The van der Waals surface area contributed by atoms with Gasteiger partial charge >= 0.3 is 0 Å². The summed E-state index contributed by atoms with van der Waals surface area (Å²) in [7, 11) is 0. The van der Waals surface area contributed by atoms with Crippen LogP contribution in [0.1, 0.15) is 20.8 Å². The second kappa shape index (κ2) is 8.90. The third kappa shape index (κ3) is 8.58. The van der Waals surface area contributed by atoms with E-state index in [1.54, 1.807) is 6.92 Å². The molecule has 9 heteroatoms. The zero-order valence-electron chi connectivity index (χ0n) is 12.4. The maximum Gasteiger partial charge on any atom is 0.246 e. The zero-order valence-corrected chi connectivity index (χ0v) is 12.4. The molecule has 120 valence electrons. The molecule has 0 spiro atoms. The molecule has 0 rings (SSSR count). The first kappa shape index (κ1) is 18.8. The number of ether oxygens (including phenoxy) is 1. The quantitative estimate of drug-likeness (QED) is 0.377. The van der Waals surface area contributed by atoms with Gasteiger partial charge in [0, 0.05) is 6.54 Å². The second-order valence-electron chi connectivity index (χ2n) is 4.76. The van der Waals surface area contributed by atoms with Crippen LogP contribution < -0.4 is 21.7 Å². The van der Waals surface area contributed by atoms with Crippen molar-refractivity contribution < 1.29 is 23.9 Å². The van der Waals surface area contributed by atoms with Crippen molar-refractivity contribution in [1.82, 2.24) is 16.0 Å². The van der Waals surface area contributed by atoms with Gasteiger partial charge in [-0.3, -0.25) is 19.2 Å². The van der Waals surface area contributed by atoms with Crippen LogP contribution in [0.25, 0.3) is 0 Å². The number of rotatable bonds is 9. The van der Waals surface area contributed by atoms with Crippen LogP contribution >= 0.6 is 0 Å². The normalized spacial score (nSPS) is 10.6. The van der Waals surface area contributed by atoms with E-state index in [1.807, 2.05) is 0 Å². The van der Waals surface area contributed by atoms with Crippen LogP contribution in [0.15, 0.2) is 0 Å². The van der Waals surface area contributed by atoms with Gasteiger partial charge in [-0.1, -0.05) is 0 Å². The molecule has 4 amide bonds. The van der Waals surface area contributed by atoms with Crippen molar-refractivity contribution in [1.29, 1.82) is 0 Å². The van der Waals surface area contributed by atoms with Gasteiger partial charge in [0.05, 0.1) is 6.54 Å². The molecule has 0 aliphatic heterocycles. The summed E-state index contributed by atoms with van der Waals surface area (Å²) in [5, 5.41) is 7.16. The highest BCUT2D eigenvalue weighted by molar-refractivity contribution is 5.91. The van der Waals surface area contributed by atoms with Gasteiger partial charge in [0.1, 0.15) is 18.8 Å². The Labute approximate surface area is 123 Å². The van der Waals surface area contributed by atoms with Gasteiger partial charge in [0.25, 0.3) is 0 Å². The average molecular weight is 302 g/mol. The van der Waals surface area contributed by atoms with E-state index in [2.05, 4.69) is 16.0 Å². The van der Waals surface area contributed by atoms with Gasteiger partial charge in [0.15, 0.2) is 0 Å². The maximum atomic E-state index is 11.5. The van der Waals surface area contributed by atoms with Gasteiger partial charge in [0.2, 0.25) is 23.6 Å². The minimum atomic E-state index is -1.20. The van der Waals surface area contributed by atoms with Crippen molar-refractivity contribution in [3.63, 3.8) is 0 Å². The fourth-order valence-electron chi connectivity index (χ4n) is 1.17. The SMILES string of the molecule is CCNC(=O)COCC(=O)NCC(=O)NC(C)(C)C(N)=O. The van der Waals surface area contributed by atoms with Crippen molar-refractivity contribution in [3.8, 4) is 0 Å². The highest BCUT2D eigenvalue weighted by Crippen LogP contribution is 1.99. The van der Waals surface area contributed by atoms with E-state index in [0.717, 1.165) is 0 Å². The Morgan fingerprint density at radius 2 is 1.52 bits per heavy atom. The van der Waals surface area contributed by atoms with Gasteiger partial charge < -0.3 is 26.4 Å². The number of likely N-dealkylation sites (N-methyl/N-ethyl adjacent to an activating group) is 1. The molecule has 0 aromatic heterocycles. The van der Waals surface area contributed by atoms with Crippen molar-refractivity contribution in [3.05, 3.63) is 0 Å². The van der Waals surface area contributed by atoms with Crippen LogP contribution in [0.3, 0.4) is 0 Å². The van der Waals surface area contributed by atoms with E-state index in [1.165, 1.54) is 13.8 Å². The Morgan fingerprint density at radius 1 is 1.00 bits per heavy atom. The number of carbonyl (C=O) groups is 4. The first-order valence-electron chi connectivity index (χ1n) is 6.41. The van der Waals surface area contributed by atoms with Crippen molar-refractivity contribution >= 4 is 23.6 Å². The Balaban J connectivity index is 3.91. The van der Waals surface area contributed by atoms with Crippen LogP contribution in [0.4, 0.5) is 0 Å². The minimum absolute atomic E-state index is 0.234. The van der Waals surface area contributed by atoms with Crippen LogP contribution in [0, 0.1) is 0 Å². The summed E-state index contributed by atoms with van der Waals surface area (Å²) in [5.41, 5.74) is 3.90. The second-order valence-corrected chi connectivity index (χ2v) is 4.76. The van der Waals surface area contributed by atoms with Crippen molar-refractivity contribution in [2.45, 2.75) is 26.3 Å². The Hall–Kier alpha value is -2.16. The topological polar surface area (TPSA) is 140 Å². The molecular weight excluding hydrogens is 280 g/mol. The predicted octanol–water partition coefficient (Wildman–Crippen LogP) is -2.36. The number of nitrogens with one attached hydrogen (secondary N) is 3. The van der Waals surface area contributed by atoms with Crippen LogP contribution in [-0.4, -0.2) is 55.5 Å². The van der Waals surface area contributed by atoms with Crippen LogP contribution in [0.2, 0.25) is 0 Å². The van der Waals surface area contributed by atoms with Crippen molar-refractivity contribution in [2.75, 3.05) is 26.3 Å². The smallest absolute Gasteiger partial charge is 0.246 e. The Morgan fingerprint density at radius 3 is 2.00 bits per heavy atom. The van der Waals surface area contributed by atoms with Crippen LogP contribution in [0.5, 0.6) is 0 Å². The lowest BCUT2D eigenvalue weighted by atomic mass is 10.1. The number of carbonyl (C=O) groups excluding carboxylic acids is 4. The lowest BCUT2D eigenvalue weighted by molar-refractivity contribution is -0.133. The van der Waals surface area contributed by atoms with Gasteiger partial charge in [-0.25, -0.2) is 0 Å². The Kier molecular flexibility index (Phi) is 7.99. The van der Waals surface area contributed by atoms with Gasteiger partial charge in [-0.15, -0.1) is 0 Å². The summed E-state index contributed by atoms with van der Waals surface area (Å²) in [6, 6.07) is 0. The molecule has 9 nitrogen and oxygen atoms in total. The fourth-order valence-corrected chi connectivity index (χ4v) is 1.17. The van der Waals surface area contributed by atoms with E-state index >= 15 is 0 Å². The summed E-state index contributed by atoms with van der Waals surface area (Å²) in [4.78, 5) is 44.9. The Bertz CT molecular complexity index is 408. The predicted molar refractivity (Wildman–Crippen MR) is 73.9 cm³/mol. The van der Waals surface area contributed by atoms with E-state index in [0.29, 0.717) is 6.54 Å². The summed E-state index contributed by atoms with van der Waals surface area (Å²) in [6.07, 6.45) is 0. The third-order valence-corrected chi connectivity index (χ3v) is 2.35. The molecule has 0 heterocycles. The molecule has 0 aliphatic rings. The molecule has 21 heavy (non-hydrogen) atoms. The number of hydrogen-bond acceptors (Lipinski definition) is 5. The lowest BCUT2D eigenvalue weighted by Gasteiger charge is -2.22. The molecule has 0 saturated heterocycles. The molecule has 0 aliphatic carbocycles. The summed E-state index contributed by atoms with van der Waals surface area (Å²) in [5.74, 6) is -2.12. The average Bonchev–Trinajstić information content (AvgIpc) is 2.36. The third-order valence-electron chi connectivity index (χ3n) is 2.35. The minimum Gasteiger partial charge on any atom is -0.368 e. The van der Waals surface area contributed by atoms with Gasteiger partial charge in [-0.2, -0.15) is 0 Å². The molecular formula is C12H22N4O5. The molecule has 0 bridgehead atoms. The first-order valence-corrected chi connectivity index (χ1v) is 6.41.